The van der Waals surface area contributed by atoms with Crippen molar-refractivity contribution in [2.75, 3.05) is 13.7 Å². The average molecular weight is 301 g/mol. The highest BCUT2D eigenvalue weighted by Gasteiger charge is 2.13. The van der Waals surface area contributed by atoms with Crippen LogP contribution in [0.3, 0.4) is 0 Å². The molecule has 20 heavy (non-hydrogen) atoms. The maximum atomic E-state index is 11.5. The molecule has 1 aromatic rings. The van der Waals surface area contributed by atoms with Crippen molar-refractivity contribution < 1.29 is 14.3 Å². The van der Waals surface area contributed by atoms with Gasteiger partial charge in [0.1, 0.15) is 0 Å². The summed E-state index contributed by atoms with van der Waals surface area (Å²) in [6, 6.07) is 3.50. The molecule has 0 bridgehead atoms. The fraction of sp³-hybridized carbons (Fsp3) is 0.500. The molecule has 0 aliphatic rings. The number of benzene rings is 1. The molecule has 112 valence electrons. The number of nitrogens with one attached hydrogen (secondary N) is 1. The van der Waals surface area contributed by atoms with E-state index in [2.05, 4.69) is 5.32 Å². The Bertz CT molecular complexity index is 439. The van der Waals surface area contributed by atoms with Crippen molar-refractivity contribution in [3.63, 3.8) is 0 Å². The van der Waals surface area contributed by atoms with Crippen LogP contribution < -0.4 is 20.5 Å². The minimum Gasteiger partial charge on any atom is -0.493 e. The van der Waals surface area contributed by atoms with Crippen molar-refractivity contribution in [3.8, 4) is 11.5 Å². The topological polar surface area (TPSA) is 73.6 Å². The Balaban J connectivity index is 2.69. The van der Waals surface area contributed by atoms with Crippen LogP contribution in [0.15, 0.2) is 12.1 Å². The standard InChI is InChI=1S/C14H21ClN2O3/c1-9(2)17-13(18)4-5-20-14-10(8-16)6-11(15)7-12(14)19-3/h6-7,9H,4-5,8,16H2,1-3H3,(H,17,18). The minimum absolute atomic E-state index is 0.0535. The summed E-state index contributed by atoms with van der Waals surface area (Å²) in [5.74, 6) is 1.00. The van der Waals surface area contributed by atoms with Gasteiger partial charge in [-0.1, -0.05) is 11.6 Å². The van der Waals surface area contributed by atoms with Crippen LogP contribution in [0.1, 0.15) is 25.8 Å². The lowest BCUT2D eigenvalue weighted by molar-refractivity contribution is -0.122. The highest BCUT2D eigenvalue weighted by molar-refractivity contribution is 6.30. The Labute approximate surface area is 124 Å². The molecule has 0 aromatic heterocycles. The number of amides is 1. The van der Waals surface area contributed by atoms with Gasteiger partial charge < -0.3 is 20.5 Å². The smallest absolute Gasteiger partial charge is 0.223 e. The van der Waals surface area contributed by atoms with Gasteiger partial charge in [-0.3, -0.25) is 4.79 Å². The molecule has 5 nitrogen and oxygen atoms in total. The molecule has 0 aliphatic carbocycles. The predicted octanol–water partition coefficient (Wildman–Crippen LogP) is 2.10. The van der Waals surface area contributed by atoms with Gasteiger partial charge in [0.05, 0.1) is 20.1 Å². The molecule has 0 radical (unpaired) electrons. The number of nitrogens with two attached hydrogens (primary N) is 1. The van der Waals surface area contributed by atoms with Crippen LogP contribution >= 0.6 is 11.6 Å². The van der Waals surface area contributed by atoms with Gasteiger partial charge in [-0.05, 0) is 19.9 Å². The van der Waals surface area contributed by atoms with Gasteiger partial charge in [-0.15, -0.1) is 0 Å². The number of carbonyl (C=O) groups is 1. The van der Waals surface area contributed by atoms with Gasteiger partial charge in [0, 0.05) is 29.2 Å². The van der Waals surface area contributed by atoms with E-state index in [0.29, 0.717) is 16.5 Å². The Morgan fingerprint density at radius 3 is 2.70 bits per heavy atom. The maximum Gasteiger partial charge on any atom is 0.223 e. The Morgan fingerprint density at radius 1 is 1.45 bits per heavy atom. The highest BCUT2D eigenvalue weighted by atomic mass is 35.5. The third-order valence-corrected chi connectivity index (χ3v) is 2.78. The lowest BCUT2D eigenvalue weighted by Gasteiger charge is -2.15. The molecular weight excluding hydrogens is 280 g/mol. The third-order valence-electron chi connectivity index (χ3n) is 2.56. The van der Waals surface area contributed by atoms with Crippen LogP contribution in [0.2, 0.25) is 5.02 Å². The summed E-state index contributed by atoms with van der Waals surface area (Å²) in [6.45, 7) is 4.36. The van der Waals surface area contributed by atoms with E-state index in [0.717, 1.165) is 5.56 Å². The molecule has 0 heterocycles. The molecule has 0 atom stereocenters. The number of halogens is 1. The number of hydrogen-bond acceptors (Lipinski definition) is 4. The van der Waals surface area contributed by atoms with Crippen LogP contribution in [-0.4, -0.2) is 25.7 Å². The normalized spacial score (nSPS) is 10.5. The number of carbonyl (C=O) groups excluding carboxylic acids is 1. The Kier molecular flexibility index (Phi) is 6.61. The molecule has 0 aliphatic heterocycles. The van der Waals surface area contributed by atoms with Crippen molar-refractivity contribution in [2.24, 2.45) is 5.73 Å². The second kappa shape index (κ2) is 7.97. The zero-order valence-corrected chi connectivity index (χ0v) is 12.8. The fourth-order valence-corrected chi connectivity index (χ4v) is 1.96. The molecule has 1 rings (SSSR count). The number of methoxy groups -OCH3 is 1. The minimum atomic E-state index is -0.0535. The molecule has 3 N–H and O–H groups in total. The van der Waals surface area contributed by atoms with E-state index in [4.69, 9.17) is 26.8 Å². The van der Waals surface area contributed by atoms with E-state index in [1.807, 2.05) is 13.8 Å². The molecular formula is C14H21ClN2O3. The molecule has 1 aromatic carbocycles. The first kappa shape index (κ1) is 16.6. The van der Waals surface area contributed by atoms with Crippen LogP contribution in [0.25, 0.3) is 0 Å². The molecule has 6 heteroatoms. The van der Waals surface area contributed by atoms with Gasteiger partial charge in [0.25, 0.3) is 0 Å². The van der Waals surface area contributed by atoms with Crippen molar-refractivity contribution >= 4 is 17.5 Å². The van der Waals surface area contributed by atoms with Crippen molar-refractivity contribution in [1.82, 2.24) is 5.32 Å². The first-order valence-corrected chi connectivity index (χ1v) is 6.84. The number of rotatable bonds is 7. The fourth-order valence-electron chi connectivity index (χ4n) is 1.73. The Hall–Kier alpha value is -1.46. The van der Waals surface area contributed by atoms with Gasteiger partial charge in [-0.2, -0.15) is 0 Å². The number of hydrogen-bond donors (Lipinski definition) is 2. The van der Waals surface area contributed by atoms with Crippen molar-refractivity contribution in [3.05, 3.63) is 22.7 Å². The number of ether oxygens (including phenoxy) is 2. The largest absolute Gasteiger partial charge is 0.493 e. The van der Waals surface area contributed by atoms with E-state index in [9.17, 15) is 4.79 Å². The summed E-state index contributed by atoms with van der Waals surface area (Å²) < 4.78 is 10.9. The lowest BCUT2D eigenvalue weighted by Crippen LogP contribution is -2.31. The molecule has 0 unspecified atom stereocenters. The maximum absolute atomic E-state index is 11.5. The molecule has 0 saturated carbocycles. The zero-order chi connectivity index (χ0) is 15.1. The average Bonchev–Trinajstić information content (AvgIpc) is 2.38. The zero-order valence-electron chi connectivity index (χ0n) is 12.0. The van der Waals surface area contributed by atoms with E-state index >= 15 is 0 Å². The lowest BCUT2D eigenvalue weighted by atomic mass is 10.2. The summed E-state index contributed by atoms with van der Waals surface area (Å²) in [5.41, 5.74) is 6.42. The van der Waals surface area contributed by atoms with Crippen molar-refractivity contribution in [1.29, 1.82) is 0 Å². The first-order valence-electron chi connectivity index (χ1n) is 6.46. The monoisotopic (exact) mass is 300 g/mol. The van der Waals surface area contributed by atoms with E-state index in [-0.39, 0.29) is 31.5 Å². The molecule has 0 saturated heterocycles. The van der Waals surface area contributed by atoms with Gasteiger partial charge in [0.15, 0.2) is 11.5 Å². The van der Waals surface area contributed by atoms with E-state index in [1.165, 1.54) is 7.11 Å². The second-order valence-electron chi connectivity index (χ2n) is 4.62. The van der Waals surface area contributed by atoms with Crippen molar-refractivity contribution in [2.45, 2.75) is 32.9 Å². The van der Waals surface area contributed by atoms with Crippen LogP contribution in [0.5, 0.6) is 11.5 Å². The summed E-state index contributed by atoms with van der Waals surface area (Å²) in [6.07, 6.45) is 0.272. The molecule has 0 spiro atoms. The summed E-state index contributed by atoms with van der Waals surface area (Å²) in [5, 5.41) is 3.33. The van der Waals surface area contributed by atoms with Gasteiger partial charge in [0.2, 0.25) is 5.91 Å². The molecule has 0 fully saturated rings. The SMILES string of the molecule is COc1cc(Cl)cc(CN)c1OCCC(=O)NC(C)C. The second-order valence-corrected chi connectivity index (χ2v) is 5.06. The summed E-state index contributed by atoms with van der Waals surface area (Å²) in [7, 11) is 1.53. The Morgan fingerprint density at radius 2 is 2.15 bits per heavy atom. The van der Waals surface area contributed by atoms with Crippen LogP contribution in [0, 0.1) is 0 Å². The van der Waals surface area contributed by atoms with Crippen LogP contribution in [0.4, 0.5) is 0 Å². The molecule has 1 amide bonds. The predicted molar refractivity (Wildman–Crippen MR) is 79.3 cm³/mol. The summed E-state index contributed by atoms with van der Waals surface area (Å²) in [4.78, 5) is 11.5. The highest BCUT2D eigenvalue weighted by Crippen LogP contribution is 2.34. The third kappa shape index (κ3) is 4.90. The quantitative estimate of drug-likeness (QED) is 0.809. The summed E-state index contributed by atoms with van der Waals surface area (Å²) >= 11 is 5.97. The van der Waals surface area contributed by atoms with Crippen LogP contribution in [-0.2, 0) is 11.3 Å². The van der Waals surface area contributed by atoms with E-state index in [1.54, 1.807) is 12.1 Å². The first-order chi connectivity index (χ1) is 9.47. The van der Waals surface area contributed by atoms with E-state index < -0.39 is 0 Å². The van der Waals surface area contributed by atoms with Gasteiger partial charge >= 0.3 is 0 Å². The van der Waals surface area contributed by atoms with Gasteiger partial charge in [-0.25, -0.2) is 0 Å².